The quantitative estimate of drug-likeness (QED) is 0.492. The van der Waals surface area contributed by atoms with Crippen molar-refractivity contribution in [3.63, 3.8) is 0 Å². The molecule has 2 N–H and O–H groups in total. The van der Waals surface area contributed by atoms with E-state index in [4.69, 9.17) is 11.6 Å². The lowest BCUT2D eigenvalue weighted by molar-refractivity contribution is -0.139. The largest absolute Gasteiger partial charge is 0.505 e. The lowest BCUT2D eigenvalue weighted by Crippen LogP contribution is -2.18. The number of halogens is 3. The molecule has 3 rings (SSSR count). The van der Waals surface area contributed by atoms with E-state index in [2.05, 4.69) is 0 Å². The number of carboxylic acid groups (broad SMARTS) is 1. The van der Waals surface area contributed by atoms with E-state index in [1.54, 1.807) is 0 Å². The van der Waals surface area contributed by atoms with Crippen LogP contribution in [0.1, 0.15) is 54.2 Å². The van der Waals surface area contributed by atoms with Gasteiger partial charge in [0.1, 0.15) is 5.82 Å². The molecule has 0 bridgehead atoms. The third kappa shape index (κ3) is 4.02. The number of aromatic nitrogens is 1. The molecule has 164 valence electrons. The van der Waals surface area contributed by atoms with Crippen molar-refractivity contribution in [1.82, 2.24) is 4.57 Å². The number of phenols is 1. The lowest BCUT2D eigenvalue weighted by atomic mass is 9.87. The lowest BCUT2D eigenvalue weighted by Gasteiger charge is -2.18. The first-order chi connectivity index (χ1) is 14.6. The van der Waals surface area contributed by atoms with Crippen molar-refractivity contribution in [1.29, 1.82) is 0 Å². The number of carbonyl (C=O) groups is 2. The van der Waals surface area contributed by atoms with Gasteiger partial charge in [-0.15, -0.1) is 0 Å². The van der Waals surface area contributed by atoms with Crippen LogP contribution in [0.3, 0.4) is 0 Å². The van der Waals surface area contributed by atoms with Crippen molar-refractivity contribution in [3.05, 3.63) is 63.8 Å². The number of nitrogens with zero attached hydrogens (tertiary/aromatic N) is 1. The summed E-state index contributed by atoms with van der Waals surface area (Å²) in [4.78, 5) is 25.4. The normalized spacial score (nSPS) is 13.4. The minimum absolute atomic E-state index is 0.0281. The maximum atomic E-state index is 15.0. The fourth-order valence-electron chi connectivity index (χ4n) is 3.84. The zero-order valence-corrected chi connectivity index (χ0v) is 18.0. The van der Waals surface area contributed by atoms with E-state index in [1.165, 1.54) is 25.1 Å². The van der Waals surface area contributed by atoms with E-state index in [0.717, 1.165) is 23.1 Å². The second kappa shape index (κ2) is 8.67. The average Bonchev–Trinajstić information content (AvgIpc) is 3.02. The molecule has 1 unspecified atom stereocenters. The van der Waals surface area contributed by atoms with Gasteiger partial charge in [-0.1, -0.05) is 31.9 Å². The number of carbonyl (C=O) groups excluding carboxylic acids is 1. The maximum Gasteiger partial charge on any atom is 0.311 e. The molecule has 0 aliphatic rings. The molecule has 0 radical (unpaired) electrons. The SMILES string of the molecule is CCC(C)C[C@@H](C(=O)O)c1c(C)n(C(=O)c2ccc(Cl)c(F)c2)c2ccc(O)c(F)c12. The number of hydrogen-bond acceptors (Lipinski definition) is 3. The van der Waals surface area contributed by atoms with Gasteiger partial charge in [0.2, 0.25) is 0 Å². The molecular formula is C23H22ClF2NO4. The molecule has 2 aromatic carbocycles. The van der Waals surface area contributed by atoms with Gasteiger partial charge in [0, 0.05) is 16.6 Å². The van der Waals surface area contributed by atoms with Crippen LogP contribution in [0, 0.1) is 24.5 Å². The summed E-state index contributed by atoms with van der Waals surface area (Å²) in [5.74, 6) is -5.32. The van der Waals surface area contributed by atoms with Crippen LogP contribution in [0.2, 0.25) is 5.02 Å². The first kappa shape index (κ1) is 22.7. The maximum absolute atomic E-state index is 15.0. The molecule has 8 heteroatoms. The van der Waals surface area contributed by atoms with Gasteiger partial charge < -0.3 is 10.2 Å². The molecule has 1 aromatic heterocycles. The Morgan fingerprint density at radius 3 is 2.45 bits per heavy atom. The monoisotopic (exact) mass is 449 g/mol. The van der Waals surface area contributed by atoms with Crippen molar-refractivity contribution in [3.8, 4) is 5.75 Å². The van der Waals surface area contributed by atoms with Crippen LogP contribution in [-0.2, 0) is 4.79 Å². The predicted molar refractivity (Wildman–Crippen MR) is 114 cm³/mol. The fraction of sp³-hybridized carbons (Fsp3) is 0.304. The number of benzene rings is 2. The van der Waals surface area contributed by atoms with Crippen molar-refractivity contribution in [2.24, 2.45) is 5.92 Å². The molecule has 0 spiro atoms. The number of carboxylic acids is 1. The molecule has 0 saturated carbocycles. The van der Waals surface area contributed by atoms with Crippen LogP contribution in [-0.4, -0.2) is 26.7 Å². The molecule has 0 fully saturated rings. The Kier molecular flexibility index (Phi) is 6.36. The number of aromatic hydroxyl groups is 1. The van der Waals surface area contributed by atoms with Crippen LogP contribution in [0.4, 0.5) is 8.78 Å². The molecular weight excluding hydrogens is 428 g/mol. The van der Waals surface area contributed by atoms with Crippen LogP contribution >= 0.6 is 11.6 Å². The summed E-state index contributed by atoms with van der Waals surface area (Å²) in [6, 6.07) is 5.99. The van der Waals surface area contributed by atoms with E-state index in [1.807, 2.05) is 13.8 Å². The summed E-state index contributed by atoms with van der Waals surface area (Å²) in [7, 11) is 0. The molecule has 31 heavy (non-hydrogen) atoms. The second-order valence-electron chi connectivity index (χ2n) is 7.70. The highest BCUT2D eigenvalue weighted by molar-refractivity contribution is 6.30. The summed E-state index contributed by atoms with van der Waals surface area (Å²) < 4.78 is 30.1. The topological polar surface area (TPSA) is 79.5 Å². The van der Waals surface area contributed by atoms with Crippen LogP contribution < -0.4 is 0 Å². The number of phenolic OH excluding ortho intramolecular Hbond substituents is 1. The third-order valence-corrected chi connectivity index (χ3v) is 5.99. The summed E-state index contributed by atoms with van der Waals surface area (Å²) in [5.41, 5.74) is 0.406. The van der Waals surface area contributed by atoms with Gasteiger partial charge in [0.05, 0.1) is 16.5 Å². The average molecular weight is 450 g/mol. The summed E-state index contributed by atoms with van der Waals surface area (Å²) in [5, 5.41) is 19.6. The number of rotatable bonds is 6. The summed E-state index contributed by atoms with van der Waals surface area (Å²) in [6.45, 7) is 5.33. The van der Waals surface area contributed by atoms with Gasteiger partial charge in [0.25, 0.3) is 5.91 Å². The Labute approximate surface area is 182 Å². The number of fused-ring (bicyclic) bond motifs is 1. The Morgan fingerprint density at radius 2 is 1.87 bits per heavy atom. The van der Waals surface area contributed by atoms with Gasteiger partial charge in [-0.25, -0.2) is 8.78 Å². The highest BCUT2D eigenvalue weighted by Gasteiger charge is 2.32. The zero-order chi connectivity index (χ0) is 23.0. The smallest absolute Gasteiger partial charge is 0.311 e. The number of hydrogen-bond donors (Lipinski definition) is 2. The van der Waals surface area contributed by atoms with Crippen LogP contribution in [0.25, 0.3) is 10.9 Å². The summed E-state index contributed by atoms with van der Waals surface area (Å²) >= 11 is 5.70. The minimum Gasteiger partial charge on any atom is -0.505 e. The van der Waals surface area contributed by atoms with Crippen molar-refractivity contribution >= 4 is 34.4 Å². The second-order valence-corrected chi connectivity index (χ2v) is 8.11. The molecule has 0 saturated heterocycles. The van der Waals surface area contributed by atoms with E-state index >= 15 is 4.39 Å². The zero-order valence-electron chi connectivity index (χ0n) is 17.2. The van der Waals surface area contributed by atoms with E-state index < -0.39 is 35.2 Å². The Balaban J connectivity index is 2.32. The van der Waals surface area contributed by atoms with Gasteiger partial charge in [-0.05, 0) is 55.2 Å². The van der Waals surface area contributed by atoms with Crippen molar-refractivity contribution < 1.29 is 28.6 Å². The van der Waals surface area contributed by atoms with Gasteiger partial charge in [0.15, 0.2) is 11.6 Å². The first-order valence-corrected chi connectivity index (χ1v) is 10.2. The van der Waals surface area contributed by atoms with E-state index in [0.29, 0.717) is 0 Å². The highest BCUT2D eigenvalue weighted by atomic mass is 35.5. The molecule has 0 aliphatic carbocycles. The number of aliphatic carboxylic acids is 1. The Bertz CT molecular complexity index is 1190. The third-order valence-electron chi connectivity index (χ3n) is 5.69. The predicted octanol–water partition coefficient (Wildman–Crippen LogP) is 5.88. The fourth-order valence-corrected chi connectivity index (χ4v) is 3.95. The Hall–Kier alpha value is -2.93. The van der Waals surface area contributed by atoms with Crippen LogP contribution in [0.15, 0.2) is 30.3 Å². The van der Waals surface area contributed by atoms with Gasteiger partial charge >= 0.3 is 5.97 Å². The van der Waals surface area contributed by atoms with Crippen molar-refractivity contribution in [2.75, 3.05) is 0 Å². The molecule has 5 nitrogen and oxygen atoms in total. The standard InChI is InChI=1S/C23H22ClF2NO4/c1-4-11(2)9-14(23(30)31)19-12(3)27(17-7-8-18(28)21(26)20(17)19)22(29)13-5-6-15(24)16(25)10-13/h5-8,10-11,14,28H,4,9H2,1-3H3,(H,30,31)/t11?,14-/m1/s1. The molecule has 1 heterocycles. The molecule has 2 atom stereocenters. The van der Waals surface area contributed by atoms with Gasteiger partial charge in [-0.2, -0.15) is 0 Å². The van der Waals surface area contributed by atoms with Crippen LogP contribution in [0.5, 0.6) is 5.75 Å². The molecule has 0 amide bonds. The van der Waals surface area contributed by atoms with Gasteiger partial charge in [-0.3, -0.25) is 14.2 Å². The van der Waals surface area contributed by atoms with Crippen molar-refractivity contribution in [2.45, 2.75) is 39.5 Å². The highest BCUT2D eigenvalue weighted by Crippen LogP contribution is 2.40. The molecule has 0 aliphatic heterocycles. The van der Waals surface area contributed by atoms with E-state index in [-0.39, 0.29) is 45.1 Å². The minimum atomic E-state index is -1.16. The summed E-state index contributed by atoms with van der Waals surface area (Å²) in [6.07, 6.45) is 0.947. The first-order valence-electron chi connectivity index (χ1n) is 9.83. The van der Waals surface area contributed by atoms with E-state index in [9.17, 15) is 24.2 Å². The molecule has 3 aromatic rings. The Morgan fingerprint density at radius 1 is 1.19 bits per heavy atom.